The van der Waals surface area contributed by atoms with Crippen molar-refractivity contribution in [3.05, 3.63) is 66.5 Å². The third kappa shape index (κ3) is 5.13. The van der Waals surface area contributed by atoms with E-state index in [1.165, 1.54) is 12.1 Å². The summed E-state index contributed by atoms with van der Waals surface area (Å²) in [5.74, 6) is -0.337. The third-order valence-corrected chi connectivity index (χ3v) is 5.02. The Morgan fingerprint density at radius 2 is 1.77 bits per heavy atom. The second kappa shape index (κ2) is 8.79. The Balaban J connectivity index is 1.57. The summed E-state index contributed by atoms with van der Waals surface area (Å²) in [6.07, 6.45) is 0.654. The van der Waals surface area contributed by atoms with Crippen LogP contribution in [0.2, 0.25) is 0 Å². The average Bonchev–Trinajstić information content (AvgIpc) is 3.23. The Kier molecular flexibility index (Phi) is 5.94. The summed E-state index contributed by atoms with van der Waals surface area (Å²) in [6.45, 7) is 2.00. The van der Waals surface area contributed by atoms with E-state index < -0.39 is 6.36 Å². The maximum atomic E-state index is 13.0. The summed E-state index contributed by atoms with van der Waals surface area (Å²) in [6, 6.07) is 14.1. The van der Waals surface area contributed by atoms with E-state index in [1.54, 1.807) is 12.3 Å². The Morgan fingerprint density at radius 1 is 1.00 bits per heavy atom. The first kappa shape index (κ1) is 20.3. The second-order valence-corrected chi connectivity index (χ2v) is 7.17. The highest BCUT2D eigenvalue weighted by molar-refractivity contribution is 5.66. The molecule has 0 atom stereocenters. The van der Waals surface area contributed by atoms with Crippen LogP contribution in [0, 0.1) is 0 Å². The molecule has 1 saturated heterocycles. The van der Waals surface area contributed by atoms with Gasteiger partial charge < -0.3 is 14.8 Å². The van der Waals surface area contributed by atoms with Gasteiger partial charge in [0.15, 0.2) is 11.5 Å². The summed E-state index contributed by atoms with van der Waals surface area (Å²) in [5, 5.41) is 7.72. The van der Waals surface area contributed by atoms with Gasteiger partial charge in [0.2, 0.25) is 0 Å². The minimum absolute atomic E-state index is 0.0330. The maximum Gasteiger partial charge on any atom is 0.573 e. The quantitative estimate of drug-likeness (QED) is 0.616. The molecule has 2 aromatic carbocycles. The molecule has 0 bridgehead atoms. The van der Waals surface area contributed by atoms with E-state index in [9.17, 15) is 13.2 Å². The van der Waals surface area contributed by atoms with Crippen LogP contribution in [0.5, 0.6) is 11.5 Å². The van der Waals surface area contributed by atoms with Gasteiger partial charge in [0, 0.05) is 11.8 Å². The van der Waals surface area contributed by atoms with Crippen LogP contribution in [-0.2, 0) is 6.61 Å². The van der Waals surface area contributed by atoms with E-state index in [1.807, 2.05) is 41.2 Å². The molecule has 0 unspecified atom stereocenters. The van der Waals surface area contributed by atoms with Crippen LogP contribution >= 0.6 is 0 Å². The van der Waals surface area contributed by atoms with E-state index in [-0.39, 0.29) is 18.1 Å². The first-order valence-corrected chi connectivity index (χ1v) is 9.80. The summed E-state index contributed by atoms with van der Waals surface area (Å²) in [4.78, 5) is 0. The zero-order valence-corrected chi connectivity index (χ0v) is 16.2. The number of rotatable bonds is 6. The molecular formula is C22H22F3N3O2. The van der Waals surface area contributed by atoms with Gasteiger partial charge in [-0.3, -0.25) is 4.68 Å². The molecule has 1 aliphatic heterocycles. The maximum absolute atomic E-state index is 13.0. The number of piperidine rings is 1. The van der Waals surface area contributed by atoms with Crippen molar-refractivity contribution < 1.29 is 22.6 Å². The molecule has 1 N–H and O–H groups in total. The smallest absolute Gasteiger partial charge is 0.485 e. The lowest BCUT2D eigenvalue weighted by Gasteiger charge is -2.22. The van der Waals surface area contributed by atoms with Crippen LogP contribution in [0.15, 0.2) is 60.9 Å². The number of halogens is 3. The molecule has 3 aromatic rings. The molecule has 158 valence electrons. The van der Waals surface area contributed by atoms with Gasteiger partial charge in [-0.1, -0.05) is 36.4 Å². The van der Waals surface area contributed by atoms with Gasteiger partial charge in [-0.05, 0) is 49.2 Å². The summed E-state index contributed by atoms with van der Waals surface area (Å²) >= 11 is 0. The van der Waals surface area contributed by atoms with Crippen LogP contribution in [0.1, 0.15) is 24.4 Å². The highest BCUT2D eigenvalue weighted by Gasteiger charge is 2.33. The zero-order chi connectivity index (χ0) is 21.0. The van der Waals surface area contributed by atoms with Gasteiger partial charge in [0.25, 0.3) is 0 Å². The normalized spacial score (nSPS) is 15.2. The highest BCUT2D eigenvalue weighted by atomic mass is 19.4. The van der Waals surface area contributed by atoms with Crippen molar-refractivity contribution in [1.29, 1.82) is 0 Å². The molecule has 1 aromatic heterocycles. The fraction of sp³-hybridized carbons (Fsp3) is 0.318. The van der Waals surface area contributed by atoms with Crippen molar-refractivity contribution in [2.45, 2.75) is 31.9 Å². The number of nitrogens with zero attached hydrogens (tertiary/aromatic N) is 2. The van der Waals surface area contributed by atoms with Crippen LogP contribution in [0.25, 0.3) is 11.1 Å². The molecule has 5 nitrogen and oxygen atoms in total. The van der Waals surface area contributed by atoms with E-state index >= 15 is 0 Å². The minimum Gasteiger partial charge on any atom is -0.485 e. The number of hydrogen-bond acceptors (Lipinski definition) is 4. The van der Waals surface area contributed by atoms with Crippen molar-refractivity contribution in [2.75, 3.05) is 13.1 Å². The number of ether oxygens (including phenoxy) is 2. The highest BCUT2D eigenvalue weighted by Crippen LogP contribution is 2.37. The second-order valence-electron chi connectivity index (χ2n) is 7.17. The molecule has 2 heterocycles. The third-order valence-electron chi connectivity index (χ3n) is 5.02. The average molecular weight is 417 g/mol. The molecule has 0 saturated carbocycles. The lowest BCUT2D eigenvalue weighted by Crippen LogP contribution is -2.29. The summed E-state index contributed by atoms with van der Waals surface area (Å²) in [5.41, 5.74) is 2.17. The van der Waals surface area contributed by atoms with Crippen molar-refractivity contribution in [1.82, 2.24) is 15.1 Å². The van der Waals surface area contributed by atoms with Crippen molar-refractivity contribution >= 4 is 0 Å². The van der Waals surface area contributed by atoms with Crippen LogP contribution < -0.4 is 14.8 Å². The number of aromatic nitrogens is 2. The lowest BCUT2D eigenvalue weighted by molar-refractivity contribution is -0.275. The lowest BCUT2D eigenvalue weighted by atomic mass is 10.1. The Bertz CT molecular complexity index is 967. The van der Waals surface area contributed by atoms with Crippen LogP contribution in [0.3, 0.4) is 0 Å². The van der Waals surface area contributed by atoms with Crippen molar-refractivity contribution in [2.24, 2.45) is 0 Å². The van der Waals surface area contributed by atoms with E-state index in [2.05, 4.69) is 15.2 Å². The molecule has 4 rings (SSSR count). The molecule has 0 radical (unpaired) electrons. The molecular weight excluding hydrogens is 395 g/mol. The van der Waals surface area contributed by atoms with E-state index in [0.29, 0.717) is 11.6 Å². The SMILES string of the molecule is FC(F)(F)Oc1cc(-c2cnn(C3CCNCC3)c2)ccc1OCc1ccccc1. The van der Waals surface area contributed by atoms with E-state index in [4.69, 9.17) is 4.74 Å². The van der Waals surface area contributed by atoms with Gasteiger partial charge in [-0.15, -0.1) is 13.2 Å². The molecule has 0 amide bonds. The van der Waals surface area contributed by atoms with Gasteiger partial charge in [0.1, 0.15) is 6.61 Å². The van der Waals surface area contributed by atoms with Gasteiger partial charge in [-0.2, -0.15) is 5.10 Å². The van der Waals surface area contributed by atoms with Crippen LogP contribution in [0.4, 0.5) is 13.2 Å². The molecule has 0 spiro atoms. The molecule has 0 aliphatic carbocycles. The Labute approximate surface area is 172 Å². The first-order chi connectivity index (χ1) is 14.5. The number of alkyl halides is 3. The van der Waals surface area contributed by atoms with Gasteiger partial charge in [-0.25, -0.2) is 0 Å². The largest absolute Gasteiger partial charge is 0.573 e. The number of nitrogens with one attached hydrogen (secondary N) is 1. The summed E-state index contributed by atoms with van der Waals surface area (Å²) in [7, 11) is 0. The molecule has 1 aliphatic rings. The van der Waals surface area contributed by atoms with Crippen LogP contribution in [-0.4, -0.2) is 29.2 Å². The fourth-order valence-corrected chi connectivity index (χ4v) is 3.50. The standard InChI is InChI=1S/C22H22F3N3O2/c23-22(24,25)30-21-12-17(6-7-20(21)29-15-16-4-2-1-3-5-16)18-13-27-28(14-18)19-8-10-26-11-9-19/h1-7,12-14,19,26H,8-11,15H2. The molecule has 1 fully saturated rings. The van der Waals surface area contributed by atoms with Gasteiger partial charge >= 0.3 is 6.36 Å². The first-order valence-electron chi connectivity index (χ1n) is 9.80. The predicted molar refractivity (Wildman–Crippen MR) is 106 cm³/mol. The topological polar surface area (TPSA) is 48.3 Å². The Morgan fingerprint density at radius 3 is 2.50 bits per heavy atom. The monoisotopic (exact) mass is 417 g/mol. The van der Waals surface area contributed by atoms with E-state index in [0.717, 1.165) is 37.1 Å². The number of benzene rings is 2. The van der Waals surface area contributed by atoms with Crippen molar-refractivity contribution in [3.63, 3.8) is 0 Å². The molecule has 30 heavy (non-hydrogen) atoms. The fourth-order valence-electron chi connectivity index (χ4n) is 3.50. The van der Waals surface area contributed by atoms with Gasteiger partial charge in [0.05, 0.1) is 12.2 Å². The molecule has 8 heteroatoms. The Hall–Kier alpha value is -3.00. The zero-order valence-electron chi connectivity index (χ0n) is 16.2. The van der Waals surface area contributed by atoms with Crippen molar-refractivity contribution in [3.8, 4) is 22.6 Å². The minimum atomic E-state index is -4.82. The predicted octanol–water partition coefficient (Wildman–Crippen LogP) is 4.95. The number of hydrogen-bond donors (Lipinski definition) is 1. The summed E-state index contributed by atoms with van der Waals surface area (Å²) < 4.78 is 50.6.